The normalized spacial score (nSPS) is 14.3. The average Bonchev–Trinajstić information content (AvgIpc) is 2.37. The van der Waals surface area contributed by atoms with Crippen LogP contribution in [-0.4, -0.2) is 26.2 Å². The van der Waals surface area contributed by atoms with Crippen LogP contribution in [0.5, 0.6) is 0 Å². The summed E-state index contributed by atoms with van der Waals surface area (Å²) in [7, 11) is 2.21. The van der Waals surface area contributed by atoms with Crippen molar-refractivity contribution in [1.29, 1.82) is 0 Å². The number of anilines is 1. The molecule has 0 saturated heterocycles. The number of hydrogen-bond acceptors (Lipinski definition) is 2. The minimum absolute atomic E-state index is 0.316. The molecule has 0 fully saturated rings. The lowest BCUT2D eigenvalue weighted by Gasteiger charge is -2.36. The molecule has 20 heavy (non-hydrogen) atoms. The van der Waals surface area contributed by atoms with Gasteiger partial charge in [0.1, 0.15) is 0 Å². The zero-order valence-electron chi connectivity index (χ0n) is 14.2. The van der Waals surface area contributed by atoms with Crippen molar-refractivity contribution in [2.24, 2.45) is 5.41 Å². The number of aryl methyl sites for hydroxylation is 1. The lowest BCUT2D eigenvalue weighted by atomic mass is 9.84. The van der Waals surface area contributed by atoms with E-state index in [1.54, 1.807) is 0 Å². The van der Waals surface area contributed by atoms with E-state index in [1.165, 1.54) is 24.1 Å². The Morgan fingerprint density at radius 1 is 1.25 bits per heavy atom. The molecule has 114 valence electrons. The Kier molecular flexibility index (Phi) is 6.54. The fourth-order valence-corrected chi connectivity index (χ4v) is 2.93. The van der Waals surface area contributed by atoms with E-state index in [0.717, 1.165) is 13.1 Å². The van der Waals surface area contributed by atoms with Crippen molar-refractivity contribution >= 4 is 5.69 Å². The van der Waals surface area contributed by atoms with Crippen molar-refractivity contribution in [2.45, 2.75) is 53.5 Å². The second-order valence-corrected chi connectivity index (χ2v) is 6.74. The molecule has 0 bridgehead atoms. The summed E-state index contributed by atoms with van der Waals surface area (Å²) in [6.07, 6.45) is 2.49. The minimum Gasteiger partial charge on any atom is -0.374 e. The van der Waals surface area contributed by atoms with E-state index in [9.17, 15) is 0 Å². The maximum atomic E-state index is 3.62. The van der Waals surface area contributed by atoms with Gasteiger partial charge in [-0.3, -0.25) is 0 Å². The summed E-state index contributed by atoms with van der Waals surface area (Å²) in [4.78, 5) is 2.41. The molecule has 1 rings (SSSR count). The van der Waals surface area contributed by atoms with Gasteiger partial charge in [0.05, 0.1) is 0 Å². The SMILES string of the molecule is CCCC(C)(CNC(C)C)CN(C)c1ccccc1C. The van der Waals surface area contributed by atoms with Crippen LogP contribution in [0.4, 0.5) is 5.69 Å². The van der Waals surface area contributed by atoms with Gasteiger partial charge in [0.25, 0.3) is 0 Å². The molecular weight excluding hydrogens is 244 g/mol. The van der Waals surface area contributed by atoms with E-state index in [1.807, 2.05) is 0 Å². The lowest BCUT2D eigenvalue weighted by Crippen LogP contribution is -2.43. The van der Waals surface area contributed by atoms with E-state index < -0.39 is 0 Å². The maximum Gasteiger partial charge on any atom is 0.0393 e. The van der Waals surface area contributed by atoms with E-state index in [-0.39, 0.29) is 0 Å². The van der Waals surface area contributed by atoms with Crippen molar-refractivity contribution < 1.29 is 0 Å². The van der Waals surface area contributed by atoms with Gasteiger partial charge >= 0.3 is 0 Å². The van der Waals surface area contributed by atoms with Crippen molar-refractivity contribution in [3.63, 3.8) is 0 Å². The second-order valence-electron chi connectivity index (χ2n) is 6.74. The minimum atomic E-state index is 0.316. The van der Waals surface area contributed by atoms with Gasteiger partial charge in [-0.25, -0.2) is 0 Å². The van der Waals surface area contributed by atoms with E-state index in [0.29, 0.717) is 11.5 Å². The molecule has 1 aromatic rings. The Hall–Kier alpha value is -1.02. The molecule has 2 nitrogen and oxygen atoms in total. The third-order valence-corrected chi connectivity index (χ3v) is 3.94. The molecule has 0 radical (unpaired) electrons. The zero-order valence-corrected chi connectivity index (χ0v) is 14.2. The summed E-state index contributed by atoms with van der Waals surface area (Å²) >= 11 is 0. The number of nitrogens with zero attached hydrogens (tertiary/aromatic N) is 1. The van der Waals surface area contributed by atoms with Crippen LogP contribution < -0.4 is 10.2 Å². The van der Waals surface area contributed by atoms with Crippen LogP contribution in [0.1, 0.15) is 46.1 Å². The highest BCUT2D eigenvalue weighted by Gasteiger charge is 2.25. The second kappa shape index (κ2) is 7.68. The predicted molar refractivity (Wildman–Crippen MR) is 90.6 cm³/mol. The zero-order chi connectivity index (χ0) is 15.2. The Balaban J connectivity index is 2.76. The van der Waals surface area contributed by atoms with E-state index in [2.05, 4.69) is 76.1 Å². The molecule has 1 atom stereocenters. The molecule has 0 aliphatic rings. The Morgan fingerprint density at radius 2 is 1.90 bits per heavy atom. The van der Waals surface area contributed by atoms with Crippen molar-refractivity contribution in [1.82, 2.24) is 5.32 Å². The van der Waals surface area contributed by atoms with Crippen molar-refractivity contribution in [3.05, 3.63) is 29.8 Å². The van der Waals surface area contributed by atoms with Crippen molar-refractivity contribution in [2.75, 3.05) is 25.0 Å². The van der Waals surface area contributed by atoms with Gasteiger partial charge in [0.15, 0.2) is 0 Å². The van der Waals surface area contributed by atoms with Crippen LogP contribution in [0.25, 0.3) is 0 Å². The van der Waals surface area contributed by atoms with E-state index >= 15 is 0 Å². The third kappa shape index (κ3) is 5.16. The summed E-state index contributed by atoms with van der Waals surface area (Å²) in [6, 6.07) is 9.20. The topological polar surface area (TPSA) is 15.3 Å². The summed E-state index contributed by atoms with van der Waals surface area (Å²) < 4.78 is 0. The Morgan fingerprint density at radius 3 is 2.45 bits per heavy atom. The smallest absolute Gasteiger partial charge is 0.0393 e. The molecule has 0 aliphatic carbocycles. The highest BCUT2D eigenvalue weighted by molar-refractivity contribution is 5.52. The summed E-state index contributed by atoms with van der Waals surface area (Å²) in [5, 5.41) is 3.62. The summed E-state index contributed by atoms with van der Waals surface area (Å²) in [6.45, 7) is 13.5. The highest BCUT2D eigenvalue weighted by atomic mass is 15.1. The number of benzene rings is 1. The third-order valence-electron chi connectivity index (χ3n) is 3.94. The quantitative estimate of drug-likeness (QED) is 0.764. The molecule has 0 spiro atoms. The fraction of sp³-hybridized carbons (Fsp3) is 0.667. The number of nitrogens with one attached hydrogen (secondary N) is 1. The standard InChI is InChI=1S/C18H32N2/c1-7-12-18(5,13-19-15(2)3)14-20(6)17-11-9-8-10-16(17)4/h8-11,15,19H,7,12-14H2,1-6H3. The number of hydrogen-bond donors (Lipinski definition) is 1. The predicted octanol–water partition coefficient (Wildman–Crippen LogP) is 4.24. The van der Waals surface area contributed by atoms with Gasteiger partial charge in [-0.2, -0.15) is 0 Å². The first-order chi connectivity index (χ1) is 9.38. The Labute approximate surface area is 125 Å². The first-order valence-electron chi connectivity index (χ1n) is 7.88. The maximum absolute atomic E-state index is 3.62. The van der Waals surface area contributed by atoms with Gasteiger partial charge in [-0.15, -0.1) is 0 Å². The molecule has 1 aromatic carbocycles. The lowest BCUT2D eigenvalue weighted by molar-refractivity contribution is 0.275. The van der Waals surface area contributed by atoms with Gasteiger partial charge in [-0.05, 0) is 30.4 Å². The van der Waals surface area contributed by atoms with Gasteiger partial charge in [0, 0.05) is 31.9 Å². The largest absolute Gasteiger partial charge is 0.374 e. The monoisotopic (exact) mass is 276 g/mol. The molecule has 0 heterocycles. The first kappa shape index (κ1) is 17.0. The molecule has 2 heteroatoms. The van der Waals surface area contributed by atoms with Crippen LogP contribution in [0.2, 0.25) is 0 Å². The highest BCUT2D eigenvalue weighted by Crippen LogP contribution is 2.27. The van der Waals surface area contributed by atoms with Gasteiger partial charge < -0.3 is 10.2 Å². The molecule has 1 unspecified atom stereocenters. The van der Waals surface area contributed by atoms with Crippen molar-refractivity contribution in [3.8, 4) is 0 Å². The fourth-order valence-electron chi connectivity index (χ4n) is 2.93. The van der Waals surface area contributed by atoms with Crippen LogP contribution in [-0.2, 0) is 0 Å². The average molecular weight is 276 g/mol. The molecule has 0 saturated carbocycles. The summed E-state index contributed by atoms with van der Waals surface area (Å²) in [5.74, 6) is 0. The first-order valence-corrected chi connectivity index (χ1v) is 7.88. The Bertz CT molecular complexity index is 400. The van der Waals surface area contributed by atoms with E-state index in [4.69, 9.17) is 0 Å². The van der Waals surface area contributed by atoms with Crippen LogP contribution in [0.3, 0.4) is 0 Å². The van der Waals surface area contributed by atoms with Crippen LogP contribution >= 0.6 is 0 Å². The molecule has 0 aromatic heterocycles. The molecular formula is C18H32N2. The van der Waals surface area contributed by atoms with Crippen LogP contribution in [0.15, 0.2) is 24.3 Å². The van der Waals surface area contributed by atoms with Crippen LogP contribution in [0, 0.1) is 12.3 Å². The molecule has 0 aliphatic heterocycles. The summed E-state index contributed by atoms with van der Waals surface area (Å²) in [5.41, 5.74) is 3.01. The number of rotatable bonds is 8. The van der Waals surface area contributed by atoms with Gasteiger partial charge in [-0.1, -0.05) is 52.3 Å². The molecule has 0 amide bonds. The number of para-hydroxylation sites is 1. The molecule has 1 N–H and O–H groups in total. The van der Waals surface area contributed by atoms with Gasteiger partial charge in [0.2, 0.25) is 0 Å².